The molecule has 2 aromatic rings. The summed E-state index contributed by atoms with van der Waals surface area (Å²) >= 11 is 0. The average molecular weight is 353 g/mol. The molecule has 1 aliphatic heterocycles. The minimum atomic E-state index is -0.523. The Morgan fingerprint density at radius 3 is 2.65 bits per heavy atom. The summed E-state index contributed by atoms with van der Waals surface area (Å²) in [6, 6.07) is 10.8. The number of nitro benzene ring substituents is 1. The van der Waals surface area contributed by atoms with E-state index in [1.165, 1.54) is 24.3 Å². The number of amides is 1. The van der Waals surface area contributed by atoms with Gasteiger partial charge in [0, 0.05) is 17.7 Å². The van der Waals surface area contributed by atoms with Gasteiger partial charge in [0.2, 0.25) is 6.79 Å². The summed E-state index contributed by atoms with van der Waals surface area (Å²) in [5.41, 5.74) is 4.11. The lowest BCUT2D eigenvalue weighted by molar-refractivity contribution is -0.384. The Kier molecular flexibility index (Phi) is 4.93. The third kappa shape index (κ3) is 4.04. The normalized spacial score (nSPS) is 13.0. The number of rotatable bonds is 5. The molecular weight excluding hydrogens is 338 g/mol. The number of non-ortho nitro benzene ring substituents is 1. The van der Waals surface area contributed by atoms with Crippen molar-refractivity contribution in [2.75, 3.05) is 6.79 Å². The van der Waals surface area contributed by atoms with Gasteiger partial charge < -0.3 is 9.47 Å². The quantitative estimate of drug-likeness (QED) is 0.505. The van der Waals surface area contributed by atoms with Crippen LogP contribution in [0.2, 0.25) is 0 Å². The Labute approximate surface area is 148 Å². The monoisotopic (exact) mass is 353 g/mol. The molecule has 132 valence electrons. The Bertz CT molecular complexity index is 904. The number of hydrazone groups is 1. The number of nitro groups is 1. The number of nitrogens with zero attached hydrogens (tertiary/aromatic N) is 2. The lowest BCUT2D eigenvalue weighted by Gasteiger charge is -2.01. The summed E-state index contributed by atoms with van der Waals surface area (Å²) in [7, 11) is 0. The van der Waals surface area contributed by atoms with Crippen LogP contribution >= 0.6 is 0 Å². The maximum atomic E-state index is 12.0. The first-order chi connectivity index (χ1) is 12.5. The first kappa shape index (κ1) is 17.2. The van der Waals surface area contributed by atoms with Gasteiger partial charge in [-0.2, -0.15) is 5.10 Å². The second-order valence-corrected chi connectivity index (χ2v) is 5.44. The van der Waals surface area contributed by atoms with E-state index in [0.29, 0.717) is 17.2 Å². The third-order valence-electron chi connectivity index (χ3n) is 3.59. The van der Waals surface area contributed by atoms with E-state index in [1.807, 2.05) is 24.3 Å². The van der Waals surface area contributed by atoms with E-state index < -0.39 is 10.8 Å². The molecule has 1 heterocycles. The molecule has 0 spiro atoms. The number of carbonyl (C=O) groups excluding carboxylic acids is 1. The Hall–Kier alpha value is -3.68. The molecule has 26 heavy (non-hydrogen) atoms. The van der Waals surface area contributed by atoms with Crippen LogP contribution in [0.4, 0.5) is 5.69 Å². The van der Waals surface area contributed by atoms with Crippen LogP contribution in [0.25, 0.3) is 6.08 Å². The fraction of sp³-hybridized carbons (Fsp3) is 0.111. The minimum absolute atomic E-state index is 0.0760. The number of benzene rings is 2. The molecule has 0 aromatic heterocycles. The van der Waals surface area contributed by atoms with Gasteiger partial charge in [-0.1, -0.05) is 12.1 Å². The van der Waals surface area contributed by atoms with Crippen molar-refractivity contribution in [3.8, 4) is 11.5 Å². The van der Waals surface area contributed by atoms with Crippen LogP contribution in [0, 0.1) is 10.1 Å². The van der Waals surface area contributed by atoms with Gasteiger partial charge in [0.1, 0.15) is 0 Å². The molecule has 0 aliphatic carbocycles. The maximum absolute atomic E-state index is 12.0. The molecule has 0 radical (unpaired) electrons. The molecule has 2 aromatic carbocycles. The van der Waals surface area contributed by atoms with E-state index in [1.54, 1.807) is 13.0 Å². The lowest BCUT2D eigenvalue weighted by Crippen LogP contribution is -2.18. The SMILES string of the molecule is CC(C=Cc1ccc2c(c1)OCO2)=NNC(=O)c1ccc([N+](=O)[O-])cc1. The van der Waals surface area contributed by atoms with Gasteiger partial charge >= 0.3 is 0 Å². The van der Waals surface area contributed by atoms with Crippen LogP contribution in [0.3, 0.4) is 0 Å². The summed E-state index contributed by atoms with van der Waals surface area (Å²) in [4.78, 5) is 22.1. The number of hydrogen-bond acceptors (Lipinski definition) is 6. The molecule has 0 fully saturated rings. The predicted octanol–water partition coefficient (Wildman–Crippen LogP) is 3.14. The van der Waals surface area contributed by atoms with Crippen molar-refractivity contribution in [2.45, 2.75) is 6.92 Å². The van der Waals surface area contributed by atoms with Gasteiger partial charge in [-0.15, -0.1) is 0 Å². The Balaban J connectivity index is 1.60. The third-order valence-corrected chi connectivity index (χ3v) is 3.59. The molecule has 0 atom stereocenters. The number of allylic oxidation sites excluding steroid dienone is 1. The molecule has 0 unspecified atom stereocenters. The van der Waals surface area contributed by atoms with Crippen LogP contribution in [0.15, 0.2) is 53.6 Å². The van der Waals surface area contributed by atoms with Gasteiger partial charge in [-0.3, -0.25) is 14.9 Å². The van der Waals surface area contributed by atoms with Crippen LogP contribution in [-0.2, 0) is 0 Å². The fourth-order valence-electron chi connectivity index (χ4n) is 2.21. The fourth-order valence-corrected chi connectivity index (χ4v) is 2.21. The van der Waals surface area contributed by atoms with Crippen molar-refractivity contribution in [1.29, 1.82) is 0 Å². The van der Waals surface area contributed by atoms with Crippen LogP contribution in [0.1, 0.15) is 22.8 Å². The molecule has 3 rings (SSSR count). The highest BCUT2D eigenvalue weighted by Gasteiger charge is 2.12. The molecule has 1 amide bonds. The van der Waals surface area contributed by atoms with E-state index in [0.717, 1.165) is 5.56 Å². The van der Waals surface area contributed by atoms with Gasteiger partial charge in [0.25, 0.3) is 11.6 Å². The smallest absolute Gasteiger partial charge is 0.271 e. The number of carbonyl (C=O) groups is 1. The van der Waals surface area contributed by atoms with Gasteiger partial charge in [0.05, 0.1) is 10.6 Å². The Morgan fingerprint density at radius 2 is 1.92 bits per heavy atom. The van der Waals surface area contributed by atoms with E-state index in [4.69, 9.17) is 9.47 Å². The topological polar surface area (TPSA) is 103 Å². The number of fused-ring (bicyclic) bond motifs is 1. The summed E-state index contributed by atoms with van der Waals surface area (Å²) in [5.74, 6) is 0.951. The molecule has 1 N–H and O–H groups in total. The summed E-state index contributed by atoms with van der Waals surface area (Å²) in [6.45, 7) is 1.96. The molecular formula is C18H15N3O5. The molecule has 0 saturated heterocycles. The standard InChI is InChI=1S/C18H15N3O5/c1-12(2-3-13-4-9-16-17(10-13)26-11-25-16)19-20-18(22)14-5-7-15(8-6-14)21(23)24/h2-10H,11H2,1H3,(H,20,22). The molecule has 1 aliphatic rings. The van der Waals surface area contributed by atoms with Crippen molar-refractivity contribution in [3.05, 3.63) is 69.8 Å². The van der Waals surface area contributed by atoms with Crippen LogP contribution < -0.4 is 14.9 Å². The Morgan fingerprint density at radius 1 is 1.19 bits per heavy atom. The van der Waals surface area contributed by atoms with E-state index in [-0.39, 0.29) is 18.0 Å². The largest absolute Gasteiger partial charge is 0.454 e. The van der Waals surface area contributed by atoms with Crippen LogP contribution in [0.5, 0.6) is 11.5 Å². The zero-order valence-electron chi connectivity index (χ0n) is 13.8. The first-order valence-corrected chi connectivity index (χ1v) is 7.70. The van der Waals surface area contributed by atoms with Crippen molar-refractivity contribution in [1.82, 2.24) is 5.43 Å². The highest BCUT2D eigenvalue weighted by atomic mass is 16.7. The maximum Gasteiger partial charge on any atom is 0.271 e. The van der Waals surface area contributed by atoms with Gasteiger partial charge in [-0.05, 0) is 42.8 Å². The molecule has 8 nitrogen and oxygen atoms in total. The second kappa shape index (κ2) is 7.47. The van der Waals surface area contributed by atoms with Crippen molar-refractivity contribution < 1.29 is 19.2 Å². The molecule has 0 bridgehead atoms. The summed E-state index contributed by atoms with van der Waals surface area (Å²) in [6.07, 6.45) is 3.58. The van der Waals surface area contributed by atoms with E-state index in [9.17, 15) is 14.9 Å². The number of nitrogens with one attached hydrogen (secondary N) is 1. The average Bonchev–Trinajstić information content (AvgIpc) is 3.12. The van der Waals surface area contributed by atoms with Crippen molar-refractivity contribution in [2.24, 2.45) is 5.10 Å². The second-order valence-electron chi connectivity index (χ2n) is 5.44. The van der Waals surface area contributed by atoms with Crippen molar-refractivity contribution in [3.63, 3.8) is 0 Å². The predicted molar refractivity (Wildman–Crippen MR) is 95.3 cm³/mol. The van der Waals surface area contributed by atoms with E-state index >= 15 is 0 Å². The van der Waals surface area contributed by atoms with Crippen LogP contribution in [-0.4, -0.2) is 23.3 Å². The number of hydrogen-bond donors (Lipinski definition) is 1. The van der Waals surface area contributed by atoms with E-state index in [2.05, 4.69) is 10.5 Å². The highest BCUT2D eigenvalue weighted by molar-refractivity contribution is 5.99. The lowest BCUT2D eigenvalue weighted by atomic mass is 10.2. The minimum Gasteiger partial charge on any atom is -0.454 e. The first-order valence-electron chi connectivity index (χ1n) is 7.70. The number of ether oxygens (including phenoxy) is 2. The van der Waals surface area contributed by atoms with Crippen molar-refractivity contribution >= 4 is 23.4 Å². The zero-order valence-corrected chi connectivity index (χ0v) is 13.8. The summed E-state index contributed by atoms with van der Waals surface area (Å²) < 4.78 is 10.6. The van der Waals surface area contributed by atoms with Gasteiger partial charge in [0.15, 0.2) is 11.5 Å². The molecule has 0 saturated carbocycles. The summed E-state index contributed by atoms with van der Waals surface area (Å²) in [5, 5.41) is 14.6. The molecule has 8 heteroatoms. The highest BCUT2D eigenvalue weighted by Crippen LogP contribution is 2.32. The zero-order chi connectivity index (χ0) is 18.5. The van der Waals surface area contributed by atoms with Gasteiger partial charge in [-0.25, -0.2) is 5.43 Å².